The molecule has 1 saturated carbocycles. The summed E-state index contributed by atoms with van der Waals surface area (Å²) in [6.07, 6.45) is 2.65. The lowest BCUT2D eigenvalue weighted by Gasteiger charge is -2.10. The van der Waals surface area contributed by atoms with E-state index in [4.69, 9.17) is 0 Å². The third kappa shape index (κ3) is 2.74. The summed E-state index contributed by atoms with van der Waals surface area (Å²) in [7, 11) is 0. The smallest absolute Gasteiger partial charge is 0.113 e. The highest BCUT2D eigenvalue weighted by Gasteiger charge is 2.21. The quantitative estimate of drug-likeness (QED) is 0.778. The second kappa shape index (κ2) is 5.28. The van der Waals surface area contributed by atoms with Crippen LogP contribution < -0.4 is 5.32 Å². The molecule has 108 valence electrons. The topological polar surface area (TPSA) is 29.9 Å². The van der Waals surface area contributed by atoms with Gasteiger partial charge in [-0.25, -0.2) is 4.98 Å². The fourth-order valence-electron chi connectivity index (χ4n) is 2.75. The molecule has 1 aliphatic carbocycles. The van der Waals surface area contributed by atoms with Gasteiger partial charge in [0.05, 0.1) is 6.54 Å². The van der Waals surface area contributed by atoms with Crippen LogP contribution in [-0.4, -0.2) is 15.6 Å². The number of thiazole rings is 1. The summed E-state index contributed by atoms with van der Waals surface area (Å²) in [6, 6.07) is 11.7. The number of fused-ring (bicyclic) bond motifs is 1. The normalized spacial score (nSPS) is 14.9. The molecule has 2 heterocycles. The molecule has 3 nitrogen and oxygen atoms in total. The molecular formula is C17H19N3S. The maximum absolute atomic E-state index is 4.62. The van der Waals surface area contributed by atoms with Gasteiger partial charge in [0.1, 0.15) is 5.01 Å². The number of nitrogens with one attached hydrogen (secondary N) is 1. The summed E-state index contributed by atoms with van der Waals surface area (Å²) >= 11 is 1.75. The molecule has 0 atom stereocenters. The Labute approximate surface area is 128 Å². The Bertz CT molecular complexity index is 767. The third-order valence-electron chi connectivity index (χ3n) is 4.01. The summed E-state index contributed by atoms with van der Waals surface area (Å²) in [5.41, 5.74) is 3.78. The largest absolute Gasteiger partial charge is 0.336 e. The summed E-state index contributed by atoms with van der Waals surface area (Å²) in [5.74, 6) is 0. The minimum atomic E-state index is 0.735. The highest BCUT2D eigenvalue weighted by molar-refractivity contribution is 7.09. The monoisotopic (exact) mass is 297 g/mol. The molecule has 4 heteroatoms. The van der Waals surface area contributed by atoms with Gasteiger partial charge in [-0.2, -0.15) is 0 Å². The number of aromatic nitrogens is 2. The van der Waals surface area contributed by atoms with E-state index in [1.54, 1.807) is 11.3 Å². The van der Waals surface area contributed by atoms with E-state index < -0.39 is 0 Å². The first kappa shape index (κ1) is 13.0. The van der Waals surface area contributed by atoms with E-state index in [0.29, 0.717) is 0 Å². The van der Waals surface area contributed by atoms with Crippen molar-refractivity contribution in [3.63, 3.8) is 0 Å². The Morgan fingerprint density at radius 2 is 2.19 bits per heavy atom. The second-order valence-electron chi connectivity index (χ2n) is 5.82. The van der Waals surface area contributed by atoms with E-state index in [0.717, 1.165) is 24.8 Å². The van der Waals surface area contributed by atoms with Gasteiger partial charge >= 0.3 is 0 Å². The van der Waals surface area contributed by atoms with Crippen LogP contribution >= 0.6 is 11.3 Å². The number of rotatable bonds is 5. The van der Waals surface area contributed by atoms with Gasteiger partial charge in [-0.05, 0) is 37.3 Å². The van der Waals surface area contributed by atoms with Gasteiger partial charge in [0.25, 0.3) is 0 Å². The number of aryl methyl sites for hydroxylation is 1. The van der Waals surface area contributed by atoms with E-state index in [2.05, 4.69) is 57.5 Å². The molecule has 1 N–H and O–H groups in total. The van der Waals surface area contributed by atoms with Gasteiger partial charge in [0.2, 0.25) is 0 Å². The van der Waals surface area contributed by atoms with Crippen LogP contribution in [0.25, 0.3) is 10.9 Å². The standard InChI is InChI=1S/C17H19N3S/c1-12-11-21-17(19-12)10-20-15(9-18-14-6-7-14)8-13-4-2-3-5-16(13)20/h2-5,8,11,14,18H,6-7,9-10H2,1H3. The third-order valence-corrected chi connectivity index (χ3v) is 4.96. The van der Waals surface area contributed by atoms with Crippen molar-refractivity contribution >= 4 is 22.2 Å². The minimum absolute atomic E-state index is 0.735. The van der Waals surface area contributed by atoms with Crippen LogP contribution in [0.4, 0.5) is 0 Å². The molecule has 2 aromatic heterocycles. The Hall–Kier alpha value is -1.65. The molecule has 21 heavy (non-hydrogen) atoms. The maximum Gasteiger partial charge on any atom is 0.113 e. The van der Waals surface area contributed by atoms with E-state index in [1.165, 1.54) is 34.4 Å². The fourth-order valence-corrected chi connectivity index (χ4v) is 3.51. The molecule has 1 aliphatic rings. The molecule has 0 unspecified atom stereocenters. The van der Waals surface area contributed by atoms with Crippen molar-refractivity contribution in [1.29, 1.82) is 0 Å². The van der Waals surface area contributed by atoms with E-state index in [-0.39, 0.29) is 0 Å². The molecule has 0 aliphatic heterocycles. The molecule has 0 saturated heterocycles. The number of nitrogens with zero attached hydrogens (tertiary/aromatic N) is 2. The van der Waals surface area contributed by atoms with E-state index in [1.807, 2.05) is 0 Å². The SMILES string of the molecule is Cc1csc(Cn2c(CNC3CC3)cc3ccccc32)n1. The summed E-state index contributed by atoms with van der Waals surface area (Å²) in [4.78, 5) is 4.62. The van der Waals surface area contributed by atoms with Crippen LogP contribution in [0.15, 0.2) is 35.7 Å². The molecule has 3 aromatic rings. The summed E-state index contributed by atoms with van der Waals surface area (Å²) in [5, 5.41) is 8.26. The van der Waals surface area contributed by atoms with Crippen molar-refractivity contribution in [2.75, 3.05) is 0 Å². The zero-order valence-electron chi connectivity index (χ0n) is 12.2. The van der Waals surface area contributed by atoms with Crippen LogP contribution in [0.5, 0.6) is 0 Å². The fraction of sp³-hybridized carbons (Fsp3) is 0.353. The van der Waals surface area contributed by atoms with Gasteiger partial charge < -0.3 is 9.88 Å². The Balaban J connectivity index is 1.70. The zero-order valence-corrected chi connectivity index (χ0v) is 13.0. The van der Waals surface area contributed by atoms with Crippen molar-refractivity contribution in [3.8, 4) is 0 Å². The molecular weight excluding hydrogens is 278 g/mol. The minimum Gasteiger partial charge on any atom is -0.336 e. The lowest BCUT2D eigenvalue weighted by atomic mass is 10.2. The highest BCUT2D eigenvalue weighted by Crippen LogP contribution is 2.24. The van der Waals surface area contributed by atoms with Crippen molar-refractivity contribution in [2.45, 2.75) is 38.9 Å². The second-order valence-corrected chi connectivity index (χ2v) is 6.76. The average Bonchev–Trinajstić information content (AvgIpc) is 3.14. The van der Waals surface area contributed by atoms with Crippen molar-refractivity contribution in [1.82, 2.24) is 14.9 Å². The number of hydrogen-bond donors (Lipinski definition) is 1. The molecule has 1 fully saturated rings. The molecule has 0 amide bonds. The molecule has 1 aromatic carbocycles. The molecule has 0 radical (unpaired) electrons. The van der Waals surface area contributed by atoms with Crippen LogP contribution in [0, 0.1) is 6.92 Å². The zero-order chi connectivity index (χ0) is 14.2. The lowest BCUT2D eigenvalue weighted by Crippen LogP contribution is -2.18. The van der Waals surface area contributed by atoms with Crippen LogP contribution in [0.1, 0.15) is 29.2 Å². The van der Waals surface area contributed by atoms with Crippen molar-refractivity contribution in [3.05, 3.63) is 52.1 Å². The Morgan fingerprint density at radius 3 is 2.95 bits per heavy atom. The van der Waals surface area contributed by atoms with Crippen molar-refractivity contribution < 1.29 is 0 Å². The number of para-hydroxylation sites is 1. The van der Waals surface area contributed by atoms with Gasteiger partial charge in [-0.3, -0.25) is 0 Å². The molecule has 4 rings (SSSR count). The first-order valence-electron chi connectivity index (χ1n) is 7.51. The van der Waals surface area contributed by atoms with Gasteiger partial charge in [0.15, 0.2) is 0 Å². The summed E-state index contributed by atoms with van der Waals surface area (Å²) in [6.45, 7) is 3.88. The predicted molar refractivity (Wildman–Crippen MR) is 87.8 cm³/mol. The first-order valence-corrected chi connectivity index (χ1v) is 8.39. The maximum atomic E-state index is 4.62. The highest BCUT2D eigenvalue weighted by atomic mass is 32.1. The van der Waals surface area contributed by atoms with Crippen LogP contribution in [0.3, 0.4) is 0 Å². The molecule has 0 spiro atoms. The lowest BCUT2D eigenvalue weighted by molar-refractivity contribution is 0.640. The first-order chi connectivity index (χ1) is 10.3. The number of benzene rings is 1. The van der Waals surface area contributed by atoms with E-state index in [9.17, 15) is 0 Å². The van der Waals surface area contributed by atoms with Crippen molar-refractivity contribution in [2.24, 2.45) is 0 Å². The summed E-state index contributed by atoms with van der Waals surface area (Å²) < 4.78 is 2.41. The van der Waals surface area contributed by atoms with Gasteiger partial charge in [-0.1, -0.05) is 18.2 Å². The Morgan fingerprint density at radius 1 is 1.33 bits per heavy atom. The predicted octanol–water partition coefficient (Wildman–Crippen LogP) is 3.71. The average molecular weight is 297 g/mol. The Kier molecular flexibility index (Phi) is 3.28. The van der Waals surface area contributed by atoms with E-state index >= 15 is 0 Å². The van der Waals surface area contributed by atoms with Crippen LogP contribution in [-0.2, 0) is 13.1 Å². The van der Waals surface area contributed by atoms with Crippen LogP contribution in [0.2, 0.25) is 0 Å². The van der Waals surface area contributed by atoms with Gasteiger partial charge in [-0.15, -0.1) is 11.3 Å². The van der Waals surface area contributed by atoms with Gasteiger partial charge in [0, 0.05) is 34.9 Å². The number of hydrogen-bond acceptors (Lipinski definition) is 3. The molecule has 0 bridgehead atoms.